The zero-order valence-electron chi connectivity index (χ0n) is 20.3. The smallest absolute Gasteiger partial charge is 0.415 e. The van der Waals surface area contributed by atoms with Crippen LogP contribution in [0.25, 0.3) is 0 Å². The number of anilines is 1. The van der Waals surface area contributed by atoms with Gasteiger partial charge in [0.1, 0.15) is 11.9 Å². The standard InChI is InChI=1S/C28H31FN2O5/c1-17(18-6-3-2-4-7-18)36-28(35)31-23-9-5-8-21(23)27(22-13-10-19(29)16-24(22)31)30(20-11-12-20)25(32)14-15-26(33)34/h2-4,6-7,10,13,16-17,20-21,23,27H,5,8-9,11-12,14-15H2,1H3,(H,33,34)/t17-,21?,23?,27?/m0/s1. The average molecular weight is 495 g/mol. The fourth-order valence-electron chi connectivity index (χ4n) is 5.91. The van der Waals surface area contributed by atoms with Crippen LogP contribution in [0.3, 0.4) is 0 Å². The fourth-order valence-corrected chi connectivity index (χ4v) is 5.91. The highest BCUT2D eigenvalue weighted by Crippen LogP contribution is 2.53. The van der Waals surface area contributed by atoms with Gasteiger partial charge in [-0.3, -0.25) is 14.5 Å². The summed E-state index contributed by atoms with van der Waals surface area (Å²) in [6.45, 7) is 1.81. The number of rotatable bonds is 7. The molecule has 0 bridgehead atoms. The van der Waals surface area contributed by atoms with Crippen LogP contribution in [0.4, 0.5) is 14.9 Å². The molecule has 0 aromatic heterocycles. The Labute approximate surface area is 209 Å². The molecule has 7 nitrogen and oxygen atoms in total. The van der Waals surface area contributed by atoms with Gasteiger partial charge in [0, 0.05) is 24.4 Å². The molecule has 2 aromatic rings. The third-order valence-electron chi connectivity index (χ3n) is 7.66. The van der Waals surface area contributed by atoms with Crippen molar-refractivity contribution >= 4 is 23.7 Å². The Hall–Kier alpha value is -3.42. The Morgan fingerprint density at radius 1 is 1.08 bits per heavy atom. The summed E-state index contributed by atoms with van der Waals surface area (Å²) >= 11 is 0. The molecule has 36 heavy (non-hydrogen) atoms. The van der Waals surface area contributed by atoms with Gasteiger partial charge in [0.25, 0.3) is 0 Å². The molecular formula is C28H31FN2O5. The van der Waals surface area contributed by atoms with Crippen LogP contribution >= 0.6 is 0 Å². The van der Waals surface area contributed by atoms with Gasteiger partial charge in [-0.25, -0.2) is 9.18 Å². The summed E-state index contributed by atoms with van der Waals surface area (Å²) in [5, 5.41) is 9.13. The van der Waals surface area contributed by atoms with Crippen LogP contribution < -0.4 is 4.90 Å². The van der Waals surface area contributed by atoms with Crippen LogP contribution in [0, 0.1) is 11.7 Å². The number of ether oxygens (including phenoxy) is 1. The Bertz CT molecular complexity index is 1150. The number of halogens is 1. The molecule has 2 fully saturated rings. The molecule has 1 heterocycles. The van der Waals surface area contributed by atoms with E-state index >= 15 is 0 Å². The van der Waals surface area contributed by atoms with Crippen molar-refractivity contribution in [2.75, 3.05) is 4.90 Å². The van der Waals surface area contributed by atoms with E-state index < -0.39 is 24.0 Å². The molecule has 190 valence electrons. The van der Waals surface area contributed by atoms with Gasteiger partial charge in [0.2, 0.25) is 5.91 Å². The number of amides is 2. The van der Waals surface area contributed by atoms with E-state index in [1.165, 1.54) is 12.1 Å². The minimum atomic E-state index is -1.01. The molecule has 8 heteroatoms. The van der Waals surface area contributed by atoms with Gasteiger partial charge < -0.3 is 14.7 Å². The van der Waals surface area contributed by atoms with E-state index in [9.17, 15) is 18.8 Å². The van der Waals surface area contributed by atoms with Crippen molar-refractivity contribution in [3.63, 3.8) is 0 Å². The van der Waals surface area contributed by atoms with Crippen LogP contribution in [0.1, 0.15) is 75.1 Å². The third-order valence-corrected chi connectivity index (χ3v) is 7.66. The average Bonchev–Trinajstić information content (AvgIpc) is 3.58. The molecular weight excluding hydrogens is 463 g/mol. The van der Waals surface area contributed by atoms with Crippen molar-refractivity contribution in [3.05, 3.63) is 65.5 Å². The topological polar surface area (TPSA) is 87.2 Å². The SMILES string of the molecule is C[C@H](OC(=O)N1c2cc(F)ccc2C(N(C(=O)CCC(=O)O)C2CC2)C2CCCC21)c1ccccc1. The zero-order chi connectivity index (χ0) is 25.4. The number of benzene rings is 2. The van der Waals surface area contributed by atoms with Crippen LogP contribution in [0.15, 0.2) is 48.5 Å². The number of fused-ring (bicyclic) bond motifs is 2. The largest absolute Gasteiger partial charge is 0.481 e. The van der Waals surface area contributed by atoms with Gasteiger partial charge in [-0.05, 0) is 55.9 Å². The van der Waals surface area contributed by atoms with Crippen LogP contribution in [0.2, 0.25) is 0 Å². The predicted molar refractivity (Wildman–Crippen MR) is 131 cm³/mol. The molecule has 3 unspecified atom stereocenters. The van der Waals surface area contributed by atoms with Crippen LogP contribution in [-0.4, -0.2) is 40.1 Å². The maximum atomic E-state index is 14.5. The predicted octanol–water partition coefficient (Wildman–Crippen LogP) is 5.61. The molecule has 5 rings (SSSR count). The molecule has 4 atom stereocenters. The van der Waals surface area contributed by atoms with E-state index in [1.807, 2.05) is 42.2 Å². The maximum Gasteiger partial charge on any atom is 0.415 e. The minimum Gasteiger partial charge on any atom is -0.481 e. The summed E-state index contributed by atoms with van der Waals surface area (Å²) in [5.74, 6) is -1.70. The van der Waals surface area contributed by atoms with Crippen LogP contribution in [0.5, 0.6) is 0 Å². The van der Waals surface area contributed by atoms with Crippen molar-refractivity contribution in [1.82, 2.24) is 4.90 Å². The molecule has 2 aliphatic carbocycles. The van der Waals surface area contributed by atoms with Gasteiger partial charge in [-0.15, -0.1) is 0 Å². The number of carboxylic acid groups (broad SMARTS) is 1. The highest BCUT2D eigenvalue weighted by atomic mass is 19.1. The van der Waals surface area contributed by atoms with Crippen molar-refractivity contribution < 1.29 is 28.6 Å². The summed E-state index contributed by atoms with van der Waals surface area (Å²) in [7, 11) is 0. The third kappa shape index (κ3) is 4.68. The van der Waals surface area contributed by atoms with Crippen LogP contribution in [-0.2, 0) is 14.3 Å². The van der Waals surface area contributed by atoms with Gasteiger partial charge in [-0.1, -0.05) is 42.8 Å². The maximum absolute atomic E-state index is 14.5. The molecule has 1 N–H and O–H groups in total. The Kier molecular flexibility index (Phi) is 6.69. The van der Waals surface area contributed by atoms with Crippen molar-refractivity contribution in [2.45, 2.75) is 76.1 Å². The first-order chi connectivity index (χ1) is 17.3. The number of carbonyl (C=O) groups excluding carboxylic acids is 2. The summed E-state index contributed by atoms with van der Waals surface area (Å²) in [6, 6.07) is 13.4. The fraction of sp³-hybridized carbons (Fsp3) is 0.464. The quantitative estimate of drug-likeness (QED) is 0.541. The van der Waals surface area contributed by atoms with Gasteiger partial charge >= 0.3 is 12.1 Å². The molecule has 0 saturated heterocycles. The van der Waals surface area contributed by atoms with E-state index in [-0.39, 0.29) is 42.8 Å². The molecule has 0 spiro atoms. The van der Waals surface area contributed by atoms with Crippen molar-refractivity contribution in [1.29, 1.82) is 0 Å². The second kappa shape index (κ2) is 9.91. The van der Waals surface area contributed by atoms with E-state index in [0.717, 1.165) is 43.2 Å². The molecule has 2 amide bonds. The van der Waals surface area contributed by atoms with E-state index in [1.54, 1.807) is 11.0 Å². The number of aliphatic carboxylic acids is 1. The number of hydrogen-bond acceptors (Lipinski definition) is 4. The highest BCUT2D eigenvalue weighted by Gasteiger charge is 2.52. The lowest BCUT2D eigenvalue weighted by Gasteiger charge is -2.47. The molecule has 1 aliphatic heterocycles. The lowest BCUT2D eigenvalue weighted by Crippen LogP contribution is -2.53. The van der Waals surface area contributed by atoms with Crippen molar-refractivity contribution in [2.24, 2.45) is 5.92 Å². The second-order valence-corrected chi connectivity index (χ2v) is 10.0. The first-order valence-corrected chi connectivity index (χ1v) is 12.7. The molecule has 2 saturated carbocycles. The van der Waals surface area contributed by atoms with Gasteiger partial charge in [0.05, 0.1) is 18.2 Å². The molecule has 3 aliphatic rings. The monoisotopic (exact) mass is 494 g/mol. The minimum absolute atomic E-state index is 0.0306. The molecule has 0 radical (unpaired) electrons. The summed E-state index contributed by atoms with van der Waals surface area (Å²) in [6.07, 6.45) is 2.85. The number of hydrogen-bond donors (Lipinski definition) is 1. The summed E-state index contributed by atoms with van der Waals surface area (Å²) in [5.41, 5.74) is 2.02. The Morgan fingerprint density at radius 2 is 1.83 bits per heavy atom. The Balaban J connectivity index is 1.50. The van der Waals surface area contributed by atoms with E-state index in [4.69, 9.17) is 9.84 Å². The lowest BCUT2D eigenvalue weighted by atomic mass is 9.81. The van der Waals surface area contributed by atoms with Crippen molar-refractivity contribution in [3.8, 4) is 0 Å². The second-order valence-electron chi connectivity index (χ2n) is 10.0. The van der Waals surface area contributed by atoms with E-state index in [0.29, 0.717) is 5.69 Å². The normalized spacial score (nSPS) is 23.4. The zero-order valence-corrected chi connectivity index (χ0v) is 20.3. The van der Waals surface area contributed by atoms with E-state index in [2.05, 4.69) is 0 Å². The van der Waals surface area contributed by atoms with Gasteiger partial charge in [0.15, 0.2) is 0 Å². The van der Waals surface area contributed by atoms with Gasteiger partial charge in [-0.2, -0.15) is 0 Å². The number of carbonyl (C=O) groups is 3. The first kappa shape index (κ1) is 24.3. The summed E-state index contributed by atoms with van der Waals surface area (Å²) < 4.78 is 20.4. The first-order valence-electron chi connectivity index (χ1n) is 12.7. The number of carboxylic acids is 1. The Morgan fingerprint density at radius 3 is 2.53 bits per heavy atom. The highest BCUT2D eigenvalue weighted by molar-refractivity contribution is 5.91. The molecule has 2 aromatic carbocycles. The number of nitrogens with zero attached hydrogens (tertiary/aromatic N) is 2. The lowest BCUT2D eigenvalue weighted by molar-refractivity contribution is -0.142. The summed E-state index contributed by atoms with van der Waals surface area (Å²) in [4.78, 5) is 41.4.